The first-order valence-electron chi connectivity index (χ1n) is 4.54. The Morgan fingerprint density at radius 2 is 1.92 bits per heavy atom. The van der Waals surface area contributed by atoms with Gasteiger partial charge in [-0.25, -0.2) is 0 Å². The molecule has 0 aliphatic rings. The molecule has 0 amide bonds. The zero-order chi connectivity index (χ0) is 9.56. The summed E-state index contributed by atoms with van der Waals surface area (Å²) in [6.07, 6.45) is 1.15. The molecular weight excluding hydrogens is 168 g/mol. The van der Waals surface area contributed by atoms with E-state index in [9.17, 15) is 0 Å². The highest BCUT2D eigenvalue weighted by Crippen LogP contribution is 2.21. The van der Waals surface area contributed by atoms with Crippen LogP contribution >= 0.6 is 11.3 Å². The maximum atomic E-state index is 4.06. The van der Waals surface area contributed by atoms with Gasteiger partial charge >= 0.3 is 0 Å². The molecule has 0 radical (unpaired) electrons. The van der Waals surface area contributed by atoms with Crippen LogP contribution in [0.4, 0.5) is 0 Å². The second-order valence-corrected chi connectivity index (χ2v) is 3.68. The lowest BCUT2D eigenvalue weighted by molar-refractivity contribution is 0.714. The Balaban J connectivity index is 0.000000561. The maximum absolute atomic E-state index is 4.06. The normalized spacial score (nSPS) is 11.8. The first kappa shape index (κ1) is 11.6. The van der Waals surface area contributed by atoms with E-state index in [1.165, 1.54) is 5.01 Å². The summed E-state index contributed by atoms with van der Waals surface area (Å²) >= 11 is 1.70. The Bertz CT molecular complexity index is 208. The Hall–Kier alpha value is -0.440. The zero-order valence-electron chi connectivity index (χ0n) is 8.59. The van der Waals surface area contributed by atoms with Gasteiger partial charge in [0.15, 0.2) is 0 Å². The predicted molar refractivity (Wildman–Crippen MR) is 54.7 cm³/mol. The van der Waals surface area contributed by atoms with Crippen LogP contribution in [0.15, 0.2) is 0 Å². The van der Waals surface area contributed by atoms with Crippen molar-refractivity contribution in [3.8, 4) is 0 Å². The fraction of sp³-hybridized carbons (Fsp3) is 0.778. The van der Waals surface area contributed by atoms with Gasteiger partial charge < -0.3 is 0 Å². The van der Waals surface area contributed by atoms with Gasteiger partial charge in [0.1, 0.15) is 10.0 Å². The lowest BCUT2D eigenvalue weighted by Crippen LogP contribution is -1.88. The highest BCUT2D eigenvalue weighted by Gasteiger charge is 2.06. The van der Waals surface area contributed by atoms with Gasteiger partial charge in [-0.15, -0.1) is 21.5 Å². The smallest absolute Gasteiger partial charge is 0.120 e. The highest BCUT2D eigenvalue weighted by atomic mass is 32.1. The van der Waals surface area contributed by atoms with E-state index in [0.717, 1.165) is 11.4 Å². The van der Waals surface area contributed by atoms with Crippen LogP contribution in [0.3, 0.4) is 0 Å². The van der Waals surface area contributed by atoms with Gasteiger partial charge in [0.2, 0.25) is 0 Å². The van der Waals surface area contributed by atoms with Crippen molar-refractivity contribution in [2.45, 2.75) is 47.0 Å². The van der Waals surface area contributed by atoms with Crippen molar-refractivity contribution in [2.24, 2.45) is 0 Å². The third-order valence-electron chi connectivity index (χ3n) is 1.58. The van der Waals surface area contributed by atoms with Gasteiger partial charge in [-0.3, -0.25) is 0 Å². The van der Waals surface area contributed by atoms with E-state index in [4.69, 9.17) is 0 Å². The number of hydrogen-bond donors (Lipinski definition) is 0. The number of nitrogens with zero attached hydrogens (tertiary/aromatic N) is 2. The maximum Gasteiger partial charge on any atom is 0.120 e. The second kappa shape index (κ2) is 6.12. The Morgan fingerprint density at radius 1 is 1.33 bits per heavy atom. The Kier molecular flexibility index (Phi) is 5.89. The molecule has 1 aromatic heterocycles. The molecule has 0 fully saturated rings. The molecule has 0 bridgehead atoms. The van der Waals surface area contributed by atoms with Crippen LogP contribution in [0.5, 0.6) is 0 Å². The van der Waals surface area contributed by atoms with E-state index in [1.807, 2.05) is 20.8 Å². The highest BCUT2D eigenvalue weighted by molar-refractivity contribution is 7.11. The lowest BCUT2D eigenvalue weighted by atomic mass is 10.1. The standard InChI is InChI=1S/C7H12N2S.C2H6/c1-4-5(2)7-9-8-6(3)10-7;1-2/h5H,4H2,1-3H3;1-2H3. The average Bonchev–Trinajstić information content (AvgIpc) is 2.54. The third-order valence-corrected chi connectivity index (χ3v) is 2.65. The fourth-order valence-corrected chi connectivity index (χ4v) is 1.52. The first-order valence-corrected chi connectivity index (χ1v) is 5.35. The minimum atomic E-state index is 0.575. The van der Waals surface area contributed by atoms with Crippen LogP contribution in [-0.4, -0.2) is 10.2 Å². The van der Waals surface area contributed by atoms with Crippen LogP contribution in [-0.2, 0) is 0 Å². The summed E-state index contributed by atoms with van der Waals surface area (Å²) in [5, 5.41) is 10.2. The quantitative estimate of drug-likeness (QED) is 0.707. The fourth-order valence-electron chi connectivity index (χ4n) is 0.686. The molecule has 70 valence electrons. The summed E-state index contributed by atoms with van der Waals surface area (Å²) in [7, 11) is 0. The number of rotatable bonds is 2. The van der Waals surface area contributed by atoms with Gasteiger partial charge in [-0.05, 0) is 13.3 Å². The molecule has 0 aliphatic heterocycles. The SMILES string of the molecule is CC.CCC(C)c1nnc(C)s1. The van der Waals surface area contributed by atoms with Crippen LogP contribution in [0, 0.1) is 6.92 Å². The van der Waals surface area contributed by atoms with E-state index in [-0.39, 0.29) is 0 Å². The van der Waals surface area contributed by atoms with Crippen molar-refractivity contribution in [2.75, 3.05) is 0 Å². The van der Waals surface area contributed by atoms with Crippen molar-refractivity contribution >= 4 is 11.3 Å². The molecular formula is C9H18N2S. The second-order valence-electron chi connectivity index (χ2n) is 2.47. The summed E-state index contributed by atoms with van der Waals surface area (Å²) in [6.45, 7) is 10.3. The van der Waals surface area contributed by atoms with E-state index >= 15 is 0 Å². The minimum Gasteiger partial charge on any atom is -0.144 e. The van der Waals surface area contributed by atoms with Gasteiger partial charge in [-0.2, -0.15) is 0 Å². The number of hydrogen-bond acceptors (Lipinski definition) is 3. The molecule has 1 rings (SSSR count). The van der Waals surface area contributed by atoms with Gasteiger partial charge in [-0.1, -0.05) is 27.7 Å². The van der Waals surface area contributed by atoms with E-state index in [2.05, 4.69) is 24.0 Å². The van der Waals surface area contributed by atoms with Crippen molar-refractivity contribution in [1.29, 1.82) is 0 Å². The van der Waals surface area contributed by atoms with Crippen molar-refractivity contribution in [3.05, 3.63) is 10.0 Å². The van der Waals surface area contributed by atoms with Gasteiger partial charge in [0.05, 0.1) is 0 Å². The van der Waals surface area contributed by atoms with Gasteiger partial charge in [0, 0.05) is 5.92 Å². The van der Waals surface area contributed by atoms with Crippen LogP contribution in [0.25, 0.3) is 0 Å². The molecule has 1 heterocycles. The van der Waals surface area contributed by atoms with Gasteiger partial charge in [0.25, 0.3) is 0 Å². The lowest BCUT2D eigenvalue weighted by Gasteiger charge is -1.99. The average molecular weight is 186 g/mol. The Labute approximate surface area is 79.0 Å². The number of aromatic nitrogens is 2. The molecule has 0 saturated carbocycles. The van der Waals surface area contributed by atoms with E-state index in [1.54, 1.807) is 11.3 Å². The molecule has 0 saturated heterocycles. The molecule has 2 nitrogen and oxygen atoms in total. The molecule has 0 aliphatic carbocycles. The third kappa shape index (κ3) is 3.30. The van der Waals surface area contributed by atoms with Crippen molar-refractivity contribution in [1.82, 2.24) is 10.2 Å². The van der Waals surface area contributed by atoms with Crippen LogP contribution < -0.4 is 0 Å². The molecule has 0 aromatic carbocycles. The molecule has 3 heteroatoms. The monoisotopic (exact) mass is 186 g/mol. The van der Waals surface area contributed by atoms with E-state index in [0.29, 0.717) is 5.92 Å². The molecule has 0 N–H and O–H groups in total. The Morgan fingerprint density at radius 3 is 2.25 bits per heavy atom. The topological polar surface area (TPSA) is 25.8 Å². The van der Waals surface area contributed by atoms with Crippen LogP contribution in [0.1, 0.15) is 50.0 Å². The molecule has 12 heavy (non-hydrogen) atoms. The molecule has 1 unspecified atom stereocenters. The zero-order valence-corrected chi connectivity index (χ0v) is 9.40. The molecule has 0 spiro atoms. The largest absolute Gasteiger partial charge is 0.144 e. The van der Waals surface area contributed by atoms with Crippen LogP contribution in [0.2, 0.25) is 0 Å². The summed E-state index contributed by atoms with van der Waals surface area (Å²) < 4.78 is 0. The van der Waals surface area contributed by atoms with E-state index < -0.39 is 0 Å². The molecule has 1 atom stereocenters. The van der Waals surface area contributed by atoms with Crippen molar-refractivity contribution in [3.63, 3.8) is 0 Å². The summed E-state index contributed by atoms with van der Waals surface area (Å²) in [4.78, 5) is 0. The summed E-state index contributed by atoms with van der Waals surface area (Å²) in [6, 6.07) is 0. The predicted octanol–water partition coefficient (Wildman–Crippen LogP) is 3.39. The minimum absolute atomic E-state index is 0.575. The van der Waals surface area contributed by atoms with Crippen molar-refractivity contribution < 1.29 is 0 Å². The number of aryl methyl sites for hydroxylation is 1. The summed E-state index contributed by atoms with van der Waals surface area (Å²) in [5.41, 5.74) is 0. The summed E-state index contributed by atoms with van der Waals surface area (Å²) in [5.74, 6) is 0.575. The first-order chi connectivity index (χ1) is 5.74. The molecule has 1 aromatic rings.